The van der Waals surface area contributed by atoms with Gasteiger partial charge in [-0.15, -0.1) is 0 Å². The smallest absolute Gasteiger partial charge is 0.0698 e. The van der Waals surface area contributed by atoms with Gasteiger partial charge in [0.05, 0.1) is 11.7 Å². The number of ether oxygens (including phenoxy) is 1. The van der Waals surface area contributed by atoms with Crippen LogP contribution < -0.4 is 5.73 Å². The van der Waals surface area contributed by atoms with Gasteiger partial charge in [-0.05, 0) is 33.1 Å². The van der Waals surface area contributed by atoms with Crippen LogP contribution in [-0.2, 0) is 4.74 Å². The van der Waals surface area contributed by atoms with Crippen LogP contribution in [0.25, 0.3) is 0 Å². The molecule has 3 unspecified atom stereocenters. The van der Waals surface area contributed by atoms with E-state index >= 15 is 0 Å². The van der Waals surface area contributed by atoms with Crippen molar-refractivity contribution < 1.29 is 9.84 Å². The van der Waals surface area contributed by atoms with Gasteiger partial charge in [-0.2, -0.15) is 0 Å². The zero-order valence-corrected chi connectivity index (χ0v) is 9.71. The van der Waals surface area contributed by atoms with E-state index in [1.165, 1.54) is 0 Å². The lowest BCUT2D eigenvalue weighted by molar-refractivity contribution is -0.0773. The molecule has 0 aliphatic carbocycles. The summed E-state index contributed by atoms with van der Waals surface area (Å²) in [5.74, 6) is 0.171. The van der Waals surface area contributed by atoms with Gasteiger partial charge in [-0.3, -0.25) is 0 Å². The van der Waals surface area contributed by atoms with E-state index in [0.29, 0.717) is 6.54 Å². The lowest BCUT2D eigenvalue weighted by Crippen LogP contribution is -2.52. The van der Waals surface area contributed by atoms with Crippen molar-refractivity contribution in [3.63, 3.8) is 0 Å². The van der Waals surface area contributed by atoms with Gasteiger partial charge in [-0.1, -0.05) is 6.92 Å². The lowest BCUT2D eigenvalue weighted by Gasteiger charge is -2.45. The van der Waals surface area contributed by atoms with Crippen LogP contribution in [0, 0.1) is 11.3 Å². The van der Waals surface area contributed by atoms with Crippen molar-refractivity contribution in [1.29, 1.82) is 0 Å². The normalized spacial score (nSPS) is 35.6. The molecule has 0 radical (unpaired) electrons. The summed E-state index contributed by atoms with van der Waals surface area (Å²) in [5.41, 5.74) is 5.59. The van der Waals surface area contributed by atoms with E-state index in [9.17, 15) is 5.11 Å². The van der Waals surface area contributed by atoms with Gasteiger partial charge in [0.1, 0.15) is 0 Å². The van der Waals surface area contributed by atoms with Crippen LogP contribution in [0.1, 0.15) is 34.1 Å². The molecule has 0 spiro atoms. The fraction of sp³-hybridized carbons (Fsp3) is 1.00. The Kier molecular flexibility index (Phi) is 3.24. The second kappa shape index (κ2) is 3.80. The van der Waals surface area contributed by atoms with Crippen molar-refractivity contribution in [2.45, 2.75) is 45.8 Å². The minimum absolute atomic E-state index is 0.0822. The van der Waals surface area contributed by atoms with Crippen LogP contribution in [0.3, 0.4) is 0 Å². The maximum absolute atomic E-state index is 9.70. The van der Waals surface area contributed by atoms with Crippen LogP contribution in [0.2, 0.25) is 0 Å². The molecule has 0 amide bonds. The number of hydrogen-bond donors (Lipinski definition) is 2. The molecule has 0 aromatic carbocycles. The SMILES string of the molecule is CC(O)C(C)C1(CN)CCOC1(C)C. The highest BCUT2D eigenvalue weighted by atomic mass is 16.5. The average molecular weight is 201 g/mol. The minimum Gasteiger partial charge on any atom is -0.393 e. The summed E-state index contributed by atoms with van der Waals surface area (Å²) in [4.78, 5) is 0. The van der Waals surface area contributed by atoms with Gasteiger partial charge in [-0.25, -0.2) is 0 Å². The number of aliphatic hydroxyl groups is 1. The van der Waals surface area contributed by atoms with Crippen LogP contribution in [-0.4, -0.2) is 30.0 Å². The van der Waals surface area contributed by atoms with Crippen molar-refractivity contribution in [2.24, 2.45) is 17.1 Å². The molecule has 3 heteroatoms. The number of nitrogens with two attached hydrogens (primary N) is 1. The van der Waals surface area contributed by atoms with E-state index in [-0.39, 0.29) is 23.0 Å². The van der Waals surface area contributed by atoms with Gasteiger partial charge >= 0.3 is 0 Å². The summed E-state index contributed by atoms with van der Waals surface area (Å²) >= 11 is 0. The van der Waals surface area contributed by atoms with Gasteiger partial charge < -0.3 is 15.6 Å². The molecule has 0 aromatic heterocycles. The Balaban J connectivity index is 2.96. The summed E-state index contributed by atoms with van der Waals surface area (Å²) in [6.45, 7) is 9.37. The van der Waals surface area contributed by atoms with E-state index in [1.54, 1.807) is 0 Å². The molecule has 3 N–H and O–H groups in total. The fourth-order valence-corrected chi connectivity index (χ4v) is 2.70. The highest BCUT2D eigenvalue weighted by Gasteiger charge is 2.53. The molecule has 0 bridgehead atoms. The lowest BCUT2D eigenvalue weighted by atomic mass is 9.63. The first-order valence-corrected chi connectivity index (χ1v) is 5.39. The molecule has 0 saturated carbocycles. The first-order chi connectivity index (χ1) is 6.37. The van der Waals surface area contributed by atoms with E-state index in [2.05, 4.69) is 20.8 Å². The van der Waals surface area contributed by atoms with Gasteiger partial charge in [0, 0.05) is 18.6 Å². The molecule has 1 aliphatic rings. The topological polar surface area (TPSA) is 55.5 Å². The summed E-state index contributed by atoms with van der Waals surface area (Å²) in [6, 6.07) is 0. The first kappa shape index (κ1) is 12.0. The highest BCUT2D eigenvalue weighted by Crippen LogP contribution is 2.49. The van der Waals surface area contributed by atoms with Crippen molar-refractivity contribution in [1.82, 2.24) is 0 Å². The molecule has 14 heavy (non-hydrogen) atoms. The zero-order valence-electron chi connectivity index (χ0n) is 9.71. The summed E-state index contributed by atoms with van der Waals surface area (Å²) < 4.78 is 5.73. The third kappa shape index (κ3) is 1.58. The molecule has 84 valence electrons. The summed E-state index contributed by atoms with van der Waals surface area (Å²) in [7, 11) is 0. The third-order valence-corrected chi connectivity index (χ3v) is 4.17. The summed E-state index contributed by atoms with van der Waals surface area (Å²) in [5, 5.41) is 9.70. The number of aliphatic hydroxyl groups excluding tert-OH is 1. The number of hydrogen-bond acceptors (Lipinski definition) is 3. The van der Waals surface area contributed by atoms with E-state index in [1.807, 2.05) is 6.92 Å². The Morgan fingerprint density at radius 2 is 2.00 bits per heavy atom. The largest absolute Gasteiger partial charge is 0.393 e. The fourth-order valence-electron chi connectivity index (χ4n) is 2.70. The third-order valence-electron chi connectivity index (χ3n) is 4.17. The molecule has 3 nitrogen and oxygen atoms in total. The molecule has 0 aromatic rings. The number of rotatable bonds is 3. The van der Waals surface area contributed by atoms with Crippen LogP contribution >= 0.6 is 0 Å². The van der Waals surface area contributed by atoms with Crippen molar-refractivity contribution in [2.75, 3.05) is 13.2 Å². The molecule has 1 rings (SSSR count). The van der Waals surface area contributed by atoms with Gasteiger partial charge in [0.15, 0.2) is 0 Å². The quantitative estimate of drug-likeness (QED) is 0.720. The monoisotopic (exact) mass is 201 g/mol. The molecular formula is C11H23NO2. The molecule has 1 heterocycles. The molecule has 3 atom stereocenters. The molecule has 1 aliphatic heterocycles. The minimum atomic E-state index is -0.334. The standard InChI is InChI=1S/C11H23NO2/c1-8(9(2)13)11(7-12)5-6-14-10(11,3)4/h8-9,13H,5-7,12H2,1-4H3. The predicted molar refractivity (Wildman–Crippen MR) is 57.0 cm³/mol. The van der Waals surface area contributed by atoms with Gasteiger partial charge in [0.25, 0.3) is 0 Å². The Hall–Kier alpha value is -0.120. The first-order valence-electron chi connectivity index (χ1n) is 5.39. The molecule has 1 saturated heterocycles. The van der Waals surface area contributed by atoms with E-state index in [4.69, 9.17) is 10.5 Å². The van der Waals surface area contributed by atoms with Crippen molar-refractivity contribution in [3.8, 4) is 0 Å². The van der Waals surface area contributed by atoms with E-state index in [0.717, 1.165) is 13.0 Å². The Labute approximate surface area is 86.6 Å². The average Bonchev–Trinajstić information content (AvgIpc) is 2.40. The Morgan fingerprint density at radius 3 is 2.29 bits per heavy atom. The Morgan fingerprint density at radius 1 is 1.43 bits per heavy atom. The highest BCUT2D eigenvalue weighted by molar-refractivity contribution is 5.03. The van der Waals surface area contributed by atoms with Crippen molar-refractivity contribution >= 4 is 0 Å². The molecular weight excluding hydrogens is 178 g/mol. The van der Waals surface area contributed by atoms with Crippen LogP contribution in [0.5, 0.6) is 0 Å². The zero-order chi connectivity index (χ0) is 11.0. The maximum atomic E-state index is 9.70. The molecule has 1 fully saturated rings. The Bertz CT molecular complexity index is 203. The maximum Gasteiger partial charge on any atom is 0.0698 e. The van der Waals surface area contributed by atoms with Crippen molar-refractivity contribution in [3.05, 3.63) is 0 Å². The second-order valence-electron chi connectivity index (χ2n) is 5.00. The van der Waals surface area contributed by atoms with Crippen LogP contribution in [0.4, 0.5) is 0 Å². The van der Waals surface area contributed by atoms with Crippen LogP contribution in [0.15, 0.2) is 0 Å². The second-order valence-corrected chi connectivity index (χ2v) is 5.00. The predicted octanol–water partition coefficient (Wildman–Crippen LogP) is 1.15. The summed E-state index contributed by atoms with van der Waals surface area (Å²) in [6.07, 6.45) is 0.613. The van der Waals surface area contributed by atoms with Gasteiger partial charge in [0.2, 0.25) is 0 Å². The van der Waals surface area contributed by atoms with E-state index < -0.39 is 0 Å².